The van der Waals surface area contributed by atoms with E-state index in [0.717, 1.165) is 24.3 Å². The highest BCUT2D eigenvalue weighted by Crippen LogP contribution is 2.41. The lowest BCUT2D eigenvalue weighted by Gasteiger charge is -2.28. The lowest BCUT2D eigenvalue weighted by molar-refractivity contribution is -0.185. The van der Waals surface area contributed by atoms with E-state index in [1.165, 1.54) is 81.3 Å². The monoisotopic (exact) mass is 566 g/mol. The number of alkyl halides is 5. The Labute approximate surface area is 230 Å². The van der Waals surface area contributed by atoms with Crippen LogP contribution in [0.25, 0.3) is 11.1 Å². The van der Waals surface area contributed by atoms with Crippen LogP contribution < -0.4 is 4.74 Å². The molecule has 0 unspecified atom stereocenters. The van der Waals surface area contributed by atoms with Gasteiger partial charge in [0.2, 0.25) is 0 Å². The van der Waals surface area contributed by atoms with E-state index >= 15 is 8.78 Å². The zero-order valence-electron chi connectivity index (χ0n) is 22.3. The molecule has 0 saturated heterocycles. The summed E-state index contributed by atoms with van der Waals surface area (Å²) in [6.07, 6.45) is 1.55. The van der Waals surface area contributed by atoms with Crippen LogP contribution in [0.15, 0.2) is 60.7 Å². The van der Waals surface area contributed by atoms with Crippen molar-refractivity contribution >= 4 is 0 Å². The van der Waals surface area contributed by atoms with Gasteiger partial charge in [0.15, 0.2) is 0 Å². The van der Waals surface area contributed by atoms with Gasteiger partial charge in [0.1, 0.15) is 22.9 Å². The summed E-state index contributed by atoms with van der Waals surface area (Å²) < 4.78 is 102. The largest absolute Gasteiger partial charge is 0.428 e. The van der Waals surface area contributed by atoms with Gasteiger partial charge in [-0.3, -0.25) is 0 Å². The minimum atomic E-state index is -5.24. The Bertz CT molecular complexity index is 1240. The van der Waals surface area contributed by atoms with Crippen LogP contribution in [0.4, 0.5) is 30.7 Å². The number of aryl methyl sites for hydroxylation is 1. The van der Waals surface area contributed by atoms with E-state index in [-0.39, 0.29) is 11.1 Å². The summed E-state index contributed by atoms with van der Waals surface area (Å²) in [4.78, 5) is 0. The van der Waals surface area contributed by atoms with E-state index < -0.39 is 40.8 Å². The summed E-state index contributed by atoms with van der Waals surface area (Å²) in [6.45, 7) is 2.21. The number of benzene rings is 3. The Balaban J connectivity index is 1.42. The first-order chi connectivity index (χ1) is 19.0. The van der Waals surface area contributed by atoms with Crippen LogP contribution in [0, 0.1) is 23.5 Å². The van der Waals surface area contributed by atoms with Crippen molar-refractivity contribution < 1.29 is 35.5 Å². The number of ether oxygens (including phenoxy) is 1. The third kappa shape index (κ3) is 7.38. The molecular formula is C32H33F7O. The number of halogens is 7. The molecule has 40 heavy (non-hydrogen) atoms. The molecule has 1 aliphatic carbocycles. The zero-order chi connectivity index (χ0) is 28.9. The van der Waals surface area contributed by atoms with Crippen LogP contribution in [-0.4, -0.2) is 0 Å². The van der Waals surface area contributed by atoms with Gasteiger partial charge in [-0.15, -0.1) is 0 Å². The van der Waals surface area contributed by atoms with Gasteiger partial charge < -0.3 is 4.74 Å². The second-order valence-electron chi connectivity index (χ2n) is 10.7. The minimum Gasteiger partial charge on any atom is -0.428 e. The van der Waals surface area contributed by atoms with Crippen molar-refractivity contribution in [2.45, 2.75) is 77.0 Å². The van der Waals surface area contributed by atoms with Crippen LogP contribution in [0.5, 0.6) is 5.75 Å². The number of hydrogen-bond acceptors (Lipinski definition) is 1. The number of rotatable bonds is 10. The van der Waals surface area contributed by atoms with Crippen LogP contribution in [-0.2, 0) is 18.7 Å². The average molecular weight is 567 g/mol. The minimum absolute atomic E-state index is 0.172. The molecule has 0 heterocycles. The van der Waals surface area contributed by atoms with E-state index in [1.807, 2.05) is 0 Å². The summed E-state index contributed by atoms with van der Waals surface area (Å²) in [5.41, 5.74) is -2.03. The Morgan fingerprint density at radius 1 is 0.775 bits per heavy atom. The Hall–Kier alpha value is -3.03. The lowest BCUT2D eigenvalue weighted by atomic mass is 9.78. The van der Waals surface area contributed by atoms with Gasteiger partial charge in [-0.05, 0) is 66.1 Å². The maximum atomic E-state index is 15.1. The molecule has 0 amide bonds. The smallest absolute Gasteiger partial charge is 0.426 e. The topological polar surface area (TPSA) is 9.23 Å². The van der Waals surface area contributed by atoms with E-state index in [1.54, 1.807) is 12.1 Å². The average Bonchev–Trinajstić information content (AvgIpc) is 2.90. The van der Waals surface area contributed by atoms with E-state index in [9.17, 15) is 22.0 Å². The molecule has 0 atom stereocenters. The highest BCUT2D eigenvalue weighted by atomic mass is 19.4. The first-order valence-corrected chi connectivity index (χ1v) is 13.8. The molecule has 1 aliphatic rings. The normalized spacial score (nSPS) is 18.1. The highest BCUT2D eigenvalue weighted by molar-refractivity contribution is 5.71. The second kappa shape index (κ2) is 12.6. The fourth-order valence-corrected chi connectivity index (χ4v) is 5.53. The summed E-state index contributed by atoms with van der Waals surface area (Å²) in [6, 6.07) is 12.0. The lowest BCUT2D eigenvalue weighted by Crippen LogP contribution is -2.22. The summed E-state index contributed by atoms with van der Waals surface area (Å²) >= 11 is 0. The van der Waals surface area contributed by atoms with Crippen molar-refractivity contribution in [2.75, 3.05) is 0 Å². The molecule has 0 spiro atoms. The van der Waals surface area contributed by atoms with E-state index in [2.05, 4.69) is 6.92 Å². The molecule has 0 aromatic heterocycles. The number of hydrogen-bond donors (Lipinski definition) is 0. The molecule has 4 rings (SSSR count). The SMILES string of the molecule is CCCCC1CCC(CCc2ccc(C(F)(F)Oc3ccccc3-c3cc(F)c(C(F)(F)F)c(F)c3)cc2)CC1. The van der Waals surface area contributed by atoms with Gasteiger partial charge in [-0.2, -0.15) is 22.0 Å². The highest BCUT2D eigenvalue weighted by Gasteiger charge is 2.39. The molecule has 1 saturated carbocycles. The standard InChI is InChI=1S/C32H33F7O/c1-2-3-6-21-9-11-22(12-10-21)13-14-23-15-17-25(18-16-23)32(38,39)40-29-8-5-4-7-26(29)24-19-27(33)30(28(34)20-24)31(35,36)37/h4-5,7-8,15-22H,2-3,6,9-14H2,1H3. The zero-order valence-corrected chi connectivity index (χ0v) is 22.3. The molecular weight excluding hydrogens is 533 g/mol. The van der Waals surface area contributed by atoms with Crippen molar-refractivity contribution in [1.82, 2.24) is 0 Å². The quantitative estimate of drug-likeness (QED) is 0.222. The number of para-hydroxylation sites is 1. The molecule has 0 radical (unpaired) electrons. The van der Waals surface area contributed by atoms with Crippen LogP contribution in [0.2, 0.25) is 0 Å². The summed E-state index contributed by atoms with van der Waals surface area (Å²) in [5, 5.41) is 0. The maximum Gasteiger partial charge on any atom is 0.426 e. The van der Waals surface area contributed by atoms with E-state index in [4.69, 9.17) is 4.74 Å². The fourth-order valence-electron chi connectivity index (χ4n) is 5.53. The maximum absolute atomic E-state index is 15.1. The predicted molar refractivity (Wildman–Crippen MR) is 141 cm³/mol. The second-order valence-corrected chi connectivity index (χ2v) is 10.7. The van der Waals surface area contributed by atoms with Crippen molar-refractivity contribution in [3.05, 3.63) is 89.0 Å². The molecule has 0 bridgehead atoms. The molecule has 8 heteroatoms. The summed E-state index contributed by atoms with van der Waals surface area (Å²) in [7, 11) is 0. The van der Waals surface area contributed by atoms with Crippen molar-refractivity contribution in [3.63, 3.8) is 0 Å². The van der Waals surface area contributed by atoms with Crippen molar-refractivity contribution in [2.24, 2.45) is 11.8 Å². The molecule has 1 fully saturated rings. The first kappa shape index (κ1) is 29.9. The van der Waals surface area contributed by atoms with Gasteiger partial charge in [-0.1, -0.05) is 82.2 Å². The van der Waals surface area contributed by atoms with Crippen LogP contribution in [0.1, 0.15) is 75.0 Å². The van der Waals surface area contributed by atoms with Crippen molar-refractivity contribution in [1.29, 1.82) is 0 Å². The third-order valence-electron chi connectivity index (χ3n) is 7.83. The Morgan fingerprint density at radius 2 is 1.35 bits per heavy atom. The molecule has 0 N–H and O–H groups in total. The summed E-state index contributed by atoms with van der Waals surface area (Å²) in [5.74, 6) is -2.63. The molecule has 216 valence electrons. The molecule has 0 aliphatic heterocycles. The van der Waals surface area contributed by atoms with Crippen molar-refractivity contribution in [3.8, 4) is 16.9 Å². The molecule has 3 aromatic carbocycles. The van der Waals surface area contributed by atoms with Gasteiger partial charge >= 0.3 is 12.3 Å². The first-order valence-electron chi connectivity index (χ1n) is 13.8. The van der Waals surface area contributed by atoms with Gasteiger partial charge in [-0.25, -0.2) is 8.78 Å². The van der Waals surface area contributed by atoms with Gasteiger partial charge in [0, 0.05) is 5.56 Å². The predicted octanol–water partition coefficient (Wildman–Crippen LogP) is 10.7. The molecule has 3 aromatic rings. The van der Waals surface area contributed by atoms with Crippen LogP contribution >= 0.6 is 0 Å². The molecule has 1 nitrogen and oxygen atoms in total. The Kier molecular flexibility index (Phi) is 9.47. The Morgan fingerprint density at radius 3 is 1.93 bits per heavy atom. The third-order valence-corrected chi connectivity index (χ3v) is 7.83. The number of unbranched alkanes of at least 4 members (excludes halogenated alkanes) is 1. The van der Waals surface area contributed by atoms with Gasteiger partial charge in [0.25, 0.3) is 0 Å². The van der Waals surface area contributed by atoms with Gasteiger partial charge in [0.05, 0.1) is 5.56 Å². The fraction of sp³-hybridized carbons (Fsp3) is 0.438. The van der Waals surface area contributed by atoms with Crippen LogP contribution in [0.3, 0.4) is 0 Å². The van der Waals surface area contributed by atoms with E-state index in [0.29, 0.717) is 18.1 Å².